The van der Waals surface area contributed by atoms with Crippen molar-refractivity contribution in [3.05, 3.63) is 24.3 Å². The number of nitrogens with zero attached hydrogens (tertiary/aromatic N) is 1. The molecule has 0 aromatic carbocycles. The third-order valence-corrected chi connectivity index (χ3v) is 4.57. The Bertz CT molecular complexity index is 362. The summed E-state index contributed by atoms with van der Waals surface area (Å²) in [6.45, 7) is 6.40. The number of carboxylic acids is 1. The molecule has 4 atom stereocenters. The van der Waals surface area contributed by atoms with E-state index in [9.17, 15) is 9.90 Å². The second-order valence-electron chi connectivity index (χ2n) is 6.03. The lowest BCUT2D eigenvalue weighted by molar-refractivity contribution is -0.144. The zero-order chi connectivity index (χ0) is 15.1. The molecule has 1 aliphatic carbocycles. The molecule has 0 bridgehead atoms. The third-order valence-electron chi connectivity index (χ3n) is 4.57. The molecule has 4 unspecified atom stereocenters. The Balaban J connectivity index is 2.66. The molecule has 0 amide bonds. The summed E-state index contributed by atoms with van der Waals surface area (Å²) in [7, 11) is 2.05. The van der Waals surface area contributed by atoms with Crippen molar-refractivity contribution in [2.75, 3.05) is 7.05 Å². The molecule has 1 N–H and O–H groups in total. The highest BCUT2D eigenvalue weighted by Crippen LogP contribution is 2.26. The number of carbonyl (C=O) groups is 1. The maximum absolute atomic E-state index is 11.6. The van der Waals surface area contributed by atoms with Crippen LogP contribution in [0.5, 0.6) is 0 Å². The number of aliphatic carboxylic acids is 1. The molecule has 20 heavy (non-hydrogen) atoms. The summed E-state index contributed by atoms with van der Waals surface area (Å²) < 4.78 is 0. The van der Waals surface area contributed by atoms with Crippen molar-refractivity contribution in [1.82, 2.24) is 4.90 Å². The van der Waals surface area contributed by atoms with Crippen LogP contribution >= 0.6 is 0 Å². The van der Waals surface area contributed by atoms with E-state index < -0.39 is 5.97 Å². The standard InChI is InChI=1S/C17H29NO2/c1-5-9-13(2)18(4)14(3)16(17(19)20)12-15-10-7-6-8-11-15/h6-8,10,13-16H,5,9,11-12H2,1-4H3,(H,19,20). The number of allylic oxidation sites excluding steroid dienone is 4. The monoisotopic (exact) mass is 279 g/mol. The summed E-state index contributed by atoms with van der Waals surface area (Å²) in [5.41, 5.74) is 0. The molecule has 3 nitrogen and oxygen atoms in total. The van der Waals surface area contributed by atoms with E-state index in [1.807, 2.05) is 19.1 Å². The van der Waals surface area contributed by atoms with Crippen LogP contribution in [0, 0.1) is 11.8 Å². The summed E-state index contributed by atoms with van der Waals surface area (Å²) in [5, 5.41) is 9.57. The van der Waals surface area contributed by atoms with Crippen LogP contribution in [0.25, 0.3) is 0 Å². The molecule has 0 aromatic rings. The highest BCUT2D eigenvalue weighted by Gasteiger charge is 2.31. The highest BCUT2D eigenvalue weighted by molar-refractivity contribution is 5.70. The summed E-state index contributed by atoms with van der Waals surface area (Å²) in [5.74, 6) is -0.616. The number of hydrogen-bond acceptors (Lipinski definition) is 2. The Morgan fingerprint density at radius 3 is 2.60 bits per heavy atom. The minimum atomic E-state index is -0.670. The molecule has 0 radical (unpaired) electrons. The Morgan fingerprint density at radius 2 is 2.10 bits per heavy atom. The fourth-order valence-corrected chi connectivity index (χ4v) is 2.94. The van der Waals surface area contributed by atoms with Crippen molar-refractivity contribution < 1.29 is 9.90 Å². The van der Waals surface area contributed by atoms with Gasteiger partial charge in [-0.1, -0.05) is 37.6 Å². The number of carboxylic acid groups (broad SMARTS) is 1. The van der Waals surface area contributed by atoms with Crippen LogP contribution in [-0.2, 0) is 4.79 Å². The average Bonchev–Trinajstić information content (AvgIpc) is 2.44. The second-order valence-corrected chi connectivity index (χ2v) is 6.03. The molecule has 0 saturated carbocycles. The van der Waals surface area contributed by atoms with Gasteiger partial charge in [-0.15, -0.1) is 0 Å². The molecule has 0 aliphatic heterocycles. The molecular formula is C17H29NO2. The molecular weight excluding hydrogens is 250 g/mol. The largest absolute Gasteiger partial charge is 0.481 e. The molecule has 3 heteroatoms. The molecule has 114 valence electrons. The first-order chi connectivity index (χ1) is 9.47. The lowest BCUT2D eigenvalue weighted by atomic mass is 9.85. The molecule has 0 saturated heterocycles. The topological polar surface area (TPSA) is 40.5 Å². The first kappa shape index (κ1) is 17.0. The van der Waals surface area contributed by atoms with E-state index >= 15 is 0 Å². The van der Waals surface area contributed by atoms with Crippen molar-refractivity contribution in [1.29, 1.82) is 0 Å². The van der Waals surface area contributed by atoms with Gasteiger partial charge in [0.25, 0.3) is 0 Å². The van der Waals surface area contributed by atoms with E-state index in [0.29, 0.717) is 12.0 Å². The van der Waals surface area contributed by atoms with Gasteiger partial charge in [-0.3, -0.25) is 4.79 Å². The van der Waals surface area contributed by atoms with Gasteiger partial charge < -0.3 is 10.0 Å². The van der Waals surface area contributed by atoms with Crippen LogP contribution in [0.4, 0.5) is 0 Å². The van der Waals surface area contributed by atoms with Crippen LogP contribution < -0.4 is 0 Å². The average molecular weight is 279 g/mol. The normalized spacial score (nSPS) is 22.8. The predicted molar refractivity (Wildman–Crippen MR) is 83.7 cm³/mol. The summed E-state index contributed by atoms with van der Waals surface area (Å²) in [6.07, 6.45) is 12.2. The predicted octanol–water partition coefficient (Wildman–Crippen LogP) is 3.72. The minimum absolute atomic E-state index is 0.0633. The van der Waals surface area contributed by atoms with Crippen LogP contribution in [0.1, 0.15) is 46.5 Å². The molecule has 0 spiro atoms. The fourth-order valence-electron chi connectivity index (χ4n) is 2.94. The summed E-state index contributed by atoms with van der Waals surface area (Å²) >= 11 is 0. The SMILES string of the molecule is CCCC(C)N(C)C(C)C(CC1C=CC=CC1)C(=O)O. The van der Waals surface area contributed by atoms with Crippen LogP contribution in [0.15, 0.2) is 24.3 Å². The van der Waals surface area contributed by atoms with Gasteiger partial charge in [-0.25, -0.2) is 0 Å². The third kappa shape index (κ3) is 4.78. The molecule has 0 fully saturated rings. The van der Waals surface area contributed by atoms with E-state index in [2.05, 4.69) is 37.9 Å². The lowest BCUT2D eigenvalue weighted by Gasteiger charge is -2.35. The molecule has 1 rings (SSSR count). The molecule has 1 aliphatic rings. The van der Waals surface area contributed by atoms with E-state index in [1.165, 1.54) is 0 Å². The zero-order valence-corrected chi connectivity index (χ0v) is 13.2. The van der Waals surface area contributed by atoms with E-state index in [0.717, 1.165) is 25.7 Å². The Labute approximate surface area is 123 Å². The molecule has 0 aromatic heterocycles. The van der Waals surface area contributed by atoms with Gasteiger partial charge in [-0.2, -0.15) is 0 Å². The van der Waals surface area contributed by atoms with Crippen molar-refractivity contribution in [3.63, 3.8) is 0 Å². The first-order valence-corrected chi connectivity index (χ1v) is 7.75. The Hall–Kier alpha value is -1.09. The van der Waals surface area contributed by atoms with Gasteiger partial charge in [0.05, 0.1) is 5.92 Å². The van der Waals surface area contributed by atoms with Crippen LogP contribution in [0.3, 0.4) is 0 Å². The summed E-state index contributed by atoms with van der Waals surface area (Å²) in [4.78, 5) is 13.9. The van der Waals surface area contributed by atoms with E-state index in [4.69, 9.17) is 0 Å². The van der Waals surface area contributed by atoms with Gasteiger partial charge in [0, 0.05) is 12.1 Å². The minimum Gasteiger partial charge on any atom is -0.481 e. The zero-order valence-electron chi connectivity index (χ0n) is 13.2. The van der Waals surface area contributed by atoms with Crippen LogP contribution in [0.2, 0.25) is 0 Å². The number of hydrogen-bond donors (Lipinski definition) is 1. The Morgan fingerprint density at radius 1 is 1.40 bits per heavy atom. The quantitative estimate of drug-likeness (QED) is 0.736. The lowest BCUT2D eigenvalue weighted by Crippen LogP contribution is -2.44. The van der Waals surface area contributed by atoms with Gasteiger partial charge in [0.15, 0.2) is 0 Å². The van der Waals surface area contributed by atoms with Crippen molar-refractivity contribution in [2.45, 2.75) is 58.5 Å². The summed E-state index contributed by atoms with van der Waals surface area (Å²) in [6, 6.07) is 0.493. The first-order valence-electron chi connectivity index (χ1n) is 7.75. The smallest absolute Gasteiger partial charge is 0.308 e. The maximum atomic E-state index is 11.6. The number of rotatable bonds is 8. The van der Waals surface area contributed by atoms with Crippen LogP contribution in [-0.4, -0.2) is 35.1 Å². The van der Waals surface area contributed by atoms with E-state index in [1.54, 1.807) is 0 Å². The van der Waals surface area contributed by atoms with Crippen molar-refractivity contribution in [3.8, 4) is 0 Å². The van der Waals surface area contributed by atoms with E-state index in [-0.39, 0.29) is 12.0 Å². The highest BCUT2D eigenvalue weighted by atomic mass is 16.4. The Kier molecular flexibility index (Phi) is 7.00. The van der Waals surface area contributed by atoms with Gasteiger partial charge in [0.2, 0.25) is 0 Å². The van der Waals surface area contributed by atoms with Crippen molar-refractivity contribution >= 4 is 5.97 Å². The molecule has 0 heterocycles. The second kappa shape index (κ2) is 8.25. The maximum Gasteiger partial charge on any atom is 0.308 e. The fraction of sp³-hybridized carbons (Fsp3) is 0.706. The van der Waals surface area contributed by atoms with Crippen molar-refractivity contribution in [2.24, 2.45) is 11.8 Å². The van der Waals surface area contributed by atoms with Gasteiger partial charge in [-0.05, 0) is 46.1 Å². The van der Waals surface area contributed by atoms with Gasteiger partial charge >= 0.3 is 5.97 Å². The van der Waals surface area contributed by atoms with Gasteiger partial charge in [0.1, 0.15) is 0 Å².